The van der Waals surface area contributed by atoms with Gasteiger partial charge in [-0.15, -0.1) is 0 Å². The summed E-state index contributed by atoms with van der Waals surface area (Å²) in [6.45, 7) is 0.376. The summed E-state index contributed by atoms with van der Waals surface area (Å²) >= 11 is 0. The van der Waals surface area contributed by atoms with Gasteiger partial charge >= 0.3 is 5.97 Å². The van der Waals surface area contributed by atoms with E-state index in [0.29, 0.717) is 78.0 Å². The molecule has 10 heteroatoms. The van der Waals surface area contributed by atoms with E-state index < -0.39 is 23.0 Å². The highest BCUT2D eigenvalue weighted by molar-refractivity contribution is 6.11. The van der Waals surface area contributed by atoms with Crippen molar-refractivity contribution in [3.8, 4) is 23.0 Å². The molecule has 1 fully saturated rings. The Labute approximate surface area is 259 Å². The van der Waals surface area contributed by atoms with Crippen molar-refractivity contribution < 1.29 is 42.5 Å². The molecule has 1 N–H and O–H groups in total. The van der Waals surface area contributed by atoms with Crippen molar-refractivity contribution in [3.63, 3.8) is 0 Å². The number of Topliss-reactive ketones (excluding diaryl/α,β-unsaturated/α-hetero) is 2. The van der Waals surface area contributed by atoms with Gasteiger partial charge in [-0.1, -0.05) is 18.2 Å². The summed E-state index contributed by atoms with van der Waals surface area (Å²) in [5.41, 5.74) is 0.536. The molecule has 3 aromatic carbocycles. The number of fused-ring (bicyclic) bond motifs is 1. The summed E-state index contributed by atoms with van der Waals surface area (Å²) in [7, 11) is 1.50. The third kappa shape index (κ3) is 7.63. The van der Waals surface area contributed by atoms with Gasteiger partial charge in [-0.05, 0) is 79.6 Å². The maximum Gasteiger partial charge on any atom is 0.303 e. The van der Waals surface area contributed by atoms with Crippen molar-refractivity contribution in [3.05, 3.63) is 89.6 Å². The van der Waals surface area contributed by atoms with Gasteiger partial charge in [-0.25, -0.2) is 8.78 Å². The van der Waals surface area contributed by atoms with E-state index in [-0.39, 0.29) is 36.6 Å². The lowest BCUT2D eigenvalue weighted by Crippen LogP contribution is -2.28. The van der Waals surface area contributed by atoms with E-state index >= 15 is 4.39 Å². The van der Waals surface area contributed by atoms with Gasteiger partial charge < -0.3 is 19.3 Å². The predicted molar refractivity (Wildman–Crippen MR) is 162 cm³/mol. The van der Waals surface area contributed by atoms with Gasteiger partial charge in [0.15, 0.2) is 34.6 Å². The maximum atomic E-state index is 15.2. The van der Waals surface area contributed by atoms with Gasteiger partial charge in [0.2, 0.25) is 0 Å². The first-order chi connectivity index (χ1) is 21.7. The number of aliphatic carboxylic acids is 1. The molecule has 4 aromatic rings. The summed E-state index contributed by atoms with van der Waals surface area (Å²) in [5, 5.41) is 9.33. The van der Waals surface area contributed by atoms with E-state index in [2.05, 4.69) is 4.98 Å². The third-order valence-corrected chi connectivity index (χ3v) is 7.96. The third-order valence-electron chi connectivity index (χ3n) is 7.96. The Bertz CT molecular complexity index is 1720. The van der Waals surface area contributed by atoms with Crippen LogP contribution in [0.15, 0.2) is 66.9 Å². The minimum absolute atomic E-state index is 0.0417. The molecular formula is C35H33F2NO7. The molecule has 5 rings (SSSR count). The number of hydrogen-bond acceptors (Lipinski definition) is 7. The van der Waals surface area contributed by atoms with Gasteiger partial charge in [0.25, 0.3) is 0 Å². The molecule has 0 amide bonds. The number of pyridine rings is 1. The number of halogens is 2. The number of rotatable bonds is 16. The topological polar surface area (TPSA) is 112 Å². The van der Waals surface area contributed by atoms with Gasteiger partial charge in [0, 0.05) is 36.9 Å². The number of carboxylic acid groups (broad SMARTS) is 1. The van der Waals surface area contributed by atoms with Crippen LogP contribution in [0.5, 0.6) is 23.0 Å². The molecule has 1 aromatic heterocycles. The standard InChI is InChI=1S/C35H33F2NO7/c1-43-30-20-25-27(21-31(30)44-16-4-2-3-5-34(41)42)38-15-12-28(25)45-29-11-8-23(17-26(29)37)19-33(40)35(13-14-35)32(39)18-22-6-9-24(36)10-7-22/h6-12,15,17,20-21H,2-5,13-14,16,18-19H2,1H3,(H,41,42). The summed E-state index contributed by atoms with van der Waals surface area (Å²) < 4.78 is 45.8. The van der Waals surface area contributed by atoms with Gasteiger partial charge in [0.1, 0.15) is 11.6 Å². The second-order valence-electron chi connectivity index (χ2n) is 11.2. The Kier molecular flexibility index (Phi) is 9.71. The zero-order valence-corrected chi connectivity index (χ0v) is 24.8. The van der Waals surface area contributed by atoms with Crippen LogP contribution in [-0.4, -0.2) is 41.3 Å². The van der Waals surface area contributed by atoms with Crippen LogP contribution in [0.25, 0.3) is 10.9 Å². The maximum absolute atomic E-state index is 15.2. The van der Waals surface area contributed by atoms with Crippen LogP contribution in [0.1, 0.15) is 49.7 Å². The van der Waals surface area contributed by atoms with E-state index in [1.54, 1.807) is 24.3 Å². The molecule has 8 nitrogen and oxygen atoms in total. The van der Waals surface area contributed by atoms with Crippen LogP contribution in [0.3, 0.4) is 0 Å². The monoisotopic (exact) mass is 617 g/mol. The zero-order chi connectivity index (χ0) is 32.0. The molecular weight excluding hydrogens is 584 g/mol. The number of aromatic nitrogens is 1. The van der Waals surface area contributed by atoms with Crippen molar-refractivity contribution in [1.82, 2.24) is 4.98 Å². The first kappa shape index (κ1) is 31.6. The number of benzene rings is 3. The molecule has 1 aliphatic rings. The number of methoxy groups -OCH3 is 1. The number of ether oxygens (including phenoxy) is 3. The number of nitrogens with zero attached hydrogens (tertiary/aromatic N) is 1. The van der Waals surface area contributed by atoms with Crippen molar-refractivity contribution in [2.24, 2.45) is 5.41 Å². The summed E-state index contributed by atoms with van der Waals surface area (Å²) in [5.74, 6) is -1.15. The van der Waals surface area contributed by atoms with Gasteiger partial charge in [-0.3, -0.25) is 19.4 Å². The molecule has 0 atom stereocenters. The summed E-state index contributed by atoms with van der Waals surface area (Å²) in [4.78, 5) is 41.2. The fourth-order valence-corrected chi connectivity index (χ4v) is 5.23. The predicted octanol–water partition coefficient (Wildman–Crippen LogP) is 7.04. The SMILES string of the molecule is COc1cc2c(Oc3ccc(CC(=O)C4(C(=O)Cc5ccc(F)cc5)CC4)cc3F)ccnc2cc1OCCCCCC(=O)O. The van der Waals surface area contributed by atoms with Crippen molar-refractivity contribution in [1.29, 1.82) is 0 Å². The average Bonchev–Trinajstić information content (AvgIpc) is 3.83. The number of unbranched alkanes of at least 4 members (excludes halogenated alkanes) is 2. The Morgan fingerprint density at radius 2 is 1.53 bits per heavy atom. The molecule has 0 saturated heterocycles. The summed E-state index contributed by atoms with van der Waals surface area (Å²) in [6.07, 6.45) is 4.47. The number of ketones is 2. The number of carbonyl (C=O) groups is 3. The molecule has 234 valence electrons. The Morgan fingerprint density at radius 3 is 2.20 bits per heavy atom. The van der Waals surface area contributed by atoms with Crippen molar-refractivity contribution >= 4 is 28.4 Å². The Hall–Kier alpha value is -4.86. The smallest absolute Gasteiger partial charge is 0.303 e. The van der Waals surface area contributed by atoms with Crippen LogP contribution >= 0.6 is 0 Å². The average molecular weight is 618 g/mol. The van der Waals surface area contributed by atoms with Crippen molar-refractivity contribution in [2.75, 3.05) is 13.7 Å². The first-order valence-electron chi connectivity index (χ1n) is 14.8. The first-order valence-corrected chi connectivity index (χ1v) is 14.8. The molecule has 1 saturated carbocycles. The van der Waals surface area contributed by atoms with Crippen molar-refractivity contribution in [2.45, 2.75) is 51.4 Å². The highest BCUT2D eigenvalue weighted by atomic mass is 19.1. The molecule has 0 bridgehead atoms. The number of carboxylic acids is 1. The van der Waals surface area contributed by atoms with E-state index in [9.17, 15) is 18.8 Å². The van der Waals surface area contributed by atoms with E-state index in [4.69, 9.17) is 19.3 Å². The molecule has 1 heterocycles. The fourth-order valence-electron chi connectivity index (χ4n) is 5.23. The zero-order valence-electron chi connectivity index (χ0n) is 24.8. The molecule has 0 radical (unpaired) electrons. The lowest BCUT2D eigenvalue weighted by molar-refractivity contribution is -0.137. The largest absolute Gasteiger partial charge is 0.493 e. The lowest BCUT2D eigenvalue weighted by atomic mass is 9.88. The fraction of sp³-hybridized carbons (Fsp3) is 0.314. The van der Waals surface area contributed by atoms with Gasteiger partial charge in [-0.2, -0.15) is 0 Å². The second kappa shape index (κ2) is 13.8. The molecule has 0 aliphatic heterocycles. The quantitative estimate of drug-likeness (QED) is 0.105. The Morgan fingerprint density at radius 1 is 0.822 bits per heavy atom. The number of hydrogen-bond donors (Lipinski definition) is 1. The van der Waals surface area contributed by atoms with E-state index in [1.807, 2.05) is 0 Å². The highest BCUT2D eigenvalue weighted by Crippen LogP contribution is 2.49. The van der Waals surface area contributed by atoms with E-state index in [1.165, 1.54) is 49.7 Å². The minimum Gasteiger partial charge on any atom is -0.493 e. The van der Waals surface area contributed by atoms with Crippen LogP contribution in [0.2, 0.25) is 0 Å². The molecule has 0 unspecified atom stereocenters. The minimum atomic E-state index is -1.07. The van der Waals surface area contributed by atoms with Gasteiger partial charge in [0.05, 0.1) is 24.6 Å². The molecule has 0 spiro atoms. The highest BCUT2D eigenvalue weighted by Gasteiger charge is 2.54. The van der Waals surface area contributed by atoms with E-state index in [0.717, 1.165) is 0 Å². The number of carbonyl (C=O) groups excluding carboxylic acids is 2. The molecule has 1 aliphatic carbocycles. The van der Waals surface area contributed by atoms with Crippen LogP contribution < -0.4 is 14.2 Å². The van der Waals surface area contributed by atoms with Crippen LogP contribution in [0, 0.1) is 17.0 Å². The van der Waals surface area contributed by atoms with Crippen LogP contribution in [0.4, 0.5) is 8.78 Å². The lowest BCUT2D eigenvalue weighted by Gasteiger charge is -2.15. The normalized spacial score (nSPS) is 13.3. The Balaban J connectivity index is 1.24. The molecule has 45 heavy (non-hydrogen) atoms. The second-order valence-corrected chi connectivity index (χ2v) is 11.2. The summed E-state index contributed by atoms with van der Waals surface area (Å²) in [6, 6.07) is 14.9. The van der Waals surface area contributed by atoms with Crippen LogP contribution in [-0.2, 0) is 27.2 Å².